The molecule has 0 aliphatic carbocycles. The molecule has 1 N–H and O–H groups in total. The molecule has 0 radical (unpaired) electrons. The van der Waals surface area contributed by atoms with E-state index in [2.05, 4.69) is 20.5 Å². The SMILES string of the molecule is Cc1ccccc1OCc1c(F)cncc1-n1nn[nH]c1=O. The highest BCUT2D eigenvalue weighted by Gasteiger charge is 2.15. The van der Waals surface area contributed by atoms with Gasteiger partial charge in [-0.3, -0.25) is 4.98 Å². The highest BCUT2D eigenvalue weighted by atomic mass is 19.1. The molecule has 0 saturated carbocycles. The first-order valence-electron chi connectivity index (χ1n) is 6.48. The predicted molar refractivity (Wildman–Crippen MR) is 75.2 cm³/mol. The maximum atomic E-state index is 14.1. The van der Waals surface area contributed by atoms with Gasteiger partial charge in [0, 0.05) is 0 Å². The van der Waals surface area contributed by atoms with Gasteiger partial charge in [0.25, 0.3) is 0 Å². The number of ether oxygens (including phenoxy) is 1. The van der Waals surface area contributed by atoms with Crippen LogP contribution in [0.4, 0.5) is 4.39 Å². The van der Waals surface area contributed by atoms with Crippen molar-refractivity contribution < 1.29 is 9.13 Å². The summed E-state index contributed by atoms with van der Waals surface area (Å²) < 4.78 is 20.6. The summed E-state index contributed by atoms with van der Waals surface area (Å²) in [5, 5.41) is 9.13. The molecule has 0 aliphatic rings. The number of tetrazole rings is 1. The molecule has 3 rings (SSSR count). The minimum absolute atomic E-state index is 0.0617. The monoisotopic (exact) mass is 301 g/mol. The quantitative estimate of drug-likeness (QED) is 0.786. The van der Waals surface area contributed by atoms with Crippen LogP contribution in [0.15, 0.2) is 41.5 Å². The average molecular weight is 301 g/mol. The first-order valence-corrected chi connectivity index (χ1v) is 6.48. The summed E-state index contributed by atoms with van der Waals surface area (Å²) in [6, 6.07) is 7.39. The molecule has 22 heavy (non-hydrogen) atoms. The van der Waals surface area contributed by atoms with Crippen LogP contribution in [-0.4, -0.2) is 25.2 Å². The van der Waals surface area contributed by atoms with Gasteiger partial charge in [0.15, 0.2) is 0 Å². The van der Waals surface area contributed by atoms with Crippen molar-refractivity contribution in [1.29, 1.82) is 0 Å². The number of aryl methyl sites for hydroxylation is 1. The smallest absolute Gasteiger partial charge is 0.365 e. The molecule has 2 aromatic heterocycles. The third-order valence-corrected chi connectivity index (χ3v) is 3.15. The Kier molecular flexibility index (Phi) is 3.65. The molecule has 8 heteroatoms. The largest absolute Gasteiger partial charge is 0.488 e. The number of aromatic nitrogens is 5. The summed E-state index contributed by atoms with van der Waals surface area (Å²) in [7, 11) is 0. The number of aromatic amines is 1. The van der Waals surface area contributed by atoms with Crippen LogP contribution in [0.1, 0.15) is 11.1 Å². The van der Waals surface area contributed by atoms with Gasteiger partial charge in [0.2, 0.25) is 0 Å². The molecular formula is C14H12FN5O2. The van der Waals surface area contributed by atoms with Gasteiger partial charge >= 0.3 is 5.69 Å². The molecule has 0 unspecified atom stereocenters. The van der Waals surface area contributed by atoms with E-state index in [1.165, 1.54) is 6.20 Å². The van der Waals surface area contributed by atoms with Crippen LogP contribution >= 0.6 is 0 Å². The second-order valence-corrected chi connectivity index (χ2v) is 4.59. The number of hydrogen-bond donors (Lipinski definition) is 1. The summed E-state index contributed by atoms with van der Waals surface area (Å²) >= 11 is 0. The molecule has 0 amide bonds. The molecule has 7 nitrogen and oxygen atoms in total. The summed E-state index contributed by atoms with van der Waals surface area (Å²) in [5.74, 6) is 0.0538. The van der Waals surface area contributed by atoms with Gasteiger partial charge in [-0.2, -0.15) is 4.68 Å². The Morgan fingerprint density at radius 3 is 2.86 bits per heavy atom. The van der Waals surface area contributed by atoms with Crippen molar-refractivity contribution in [1.82, 2.24) is 25.2 Å². The van der Waals surface area contributed by atoms with E-state index in [9.17, 15) is 9.18 Å². The lowest BCUT2D eigenvalue weighted by molar-refractivity contribution is 0.296. The zero-order valence-electron chi connectivity index (χ0n) is 11.7. The van der Waals surface area contributed by atoms with Gasteiger partial charge in [-0.25, -0.2) is 14.3 Å². The minimum Gasteiger partial charge on any atom is -0.488 e. The van der Waals surface area contributed by atoms with E-state index >= 15 is 0 Å². The van der Waals surface area contributed by atoms with Crippen LogP contribution in [-0.2, 0) is 6.61 Å². The Bertz CT molecular complexity index is 858. The van der Waals surface area contributed by atoms with Crippen molar-refractivity contribution in [3.8, 4) is 11.4 Å². The highest BCUT2D eigenvalue weighted by molar-refractivity contribution is 5.38. The van der Waals surface area contributed by atoms with Crippen LogP contribution in [0.2, 0.25) is 0 Å². The number of H-pyrrole nitrogens is 1. The van der Waals surface area contributed by atoms with Crippen molar-refractivity contribution in [2.75, 3.05) is 0 Å². The fourth-order valence-electron chi connectivity index (χ4n) is 2.00. The second-order valence-electron chi connectivity index (χ2n) is 4.59. The number of benzene rings is 1. The molecule has 0 saturated heterocycles. The normalized spacial score (nSPS) is 10.6. The van der Waals surface area contributed by atoms with Crippen LogP contribution in [0, 0.1) is 12.7 Å². The molecule has 3 aromatic rings. The van der Waals surface area contributed by atoms with Crippen molar-refractivity contribution in [2.45, 2.75) is 13.5 Å². The summed E-state index contributed by atoms with van der Waals surface area (Å²) in [6.45, 7) is 1.83. The lowest BCUT2D eigenvalue weighted by atomic mass is 10.2. The first-order chi connectivity index (χ1) is 10.7. The standard InChI is InChI=1S/C14H12FN5O2/c1-9-4-2-3-5-13(9)22-8-10-11(15)6-16-7-12(10)20-14(21)17-18-19-20/h2-7H,8H2,1H3,(H,17,19,21). The van der Waals surface area contributed by atoms with Crippen molar-refractivity contribution in [3.63, 3.8) is 0 Å². The van der Waals surface area contributed by atoms with Crippen LogP contribution in [0.3, 0.4) is 0 Å². The topological polar surface area (TPSA) is 85.7 Å². The second kappa shape index (κ2) is 5.76. The lowest BCUT2D eigenvalue weighted by Crippen LogP contribution is -2.19. The van der Waals surface area contributed by atoms with Crippen molar-refractivity contribution >= 4 is 0 Å². The first kappa shape index (κ1) is 13.9. The minimum atomic E-state index is -0.582. The Hall–Kier alpha value is -3.03. The van der Waals surface area contributed by atoms with E-state index in [0.29, 0.717) is 5.75 Å². The van der Waals surface area contributed by atoms with Gasteiger partial charge in [-0.1, -0.05) is 18.2 Å². The summed E-state index contributed by atoms with van der Waals surface area (Å²) in [6.07, 6.45) is 2.40. The van der Waals surface area contributed by atoms with E-state index in [1.54, 1.807) is 6.07 Å². The van der Waals surface area contributed by atoms with Crippen LogP contribution in [0.5, 0.6) is 5.75 Å². The summed E-state index contributed by atoms with van der Waals surface area (Å²) in [4.78, 5) is 15.3. The molecule has 1 aromatic carbocycles. The van der Waals surface area contributed by atoms with E-state index in [-0.39, 0.29) is 17.9 Å². The number of hydrogen-bond acceptors (Lipinski definition) is 5. The van der Waals surface area contributed by atoms with E-state index in [1.807, 2.05) is 25.1 Å². The summed E-state index contributed by atoms with van der Waals surface area (Å²) in [5.41, 5.74) is 0.711. The third-order valence-electron chi connectivity index (χ3n) is 3.15. The molecule has 0 spiro atoms. The number of nitrogens with one attached hydrogen (secondary N) is 1. The van der Waals surface area contributed by atoms with E-state index in [4.69, 9.17) is 4.74 Å². The molecule has 0 bridgehead atoms. The fourth-order valence-corrected chi connectivity index (χ4v) is 2.00. The fraction of sp³-hybridized carbons (Fsp3) is 0.143. The number of halogens is 1. The number of para-hydroxylation sites is 1. The van der Waals surface area contributed by atoms with Gasteiger partial charge in [0.05, 0.1) is 23.6 Å². The van der Waals surface area contributed by atoms with Gasteiger partial charge < -0.3 is 4.74 Å². The molecule has 112 valence electrons. The van der Waals surface area contributed by atoms with Crippen molar-refractivity contribution in [2.24, 2.45) is 0 Å². The van der Waals surface area contributed by atoms with Gasteiger partial charge in [-0.15, -0.1) is 0 Å². The zero-order valence-corrected chi connectivity index (χ0v) is 11.7. The Morgan fingerprint density at radius 1 is 1.32 bits per heavy atom. The van der Waals surface area contributed by atoms with Crippen molar-refractivity contribution in [3.05, 3.63) is 64.1 Å². The van der Waals surface area contributed by atoms with Gasteiger partial charge in [-0.05, 0) is 29.0 Å². The zero-order chi connectivity index (χ0) is 15.5. The number of rotatable bonds is 4. The van der Waals surface area contributed by atoms with Crippen LogP contribution < -0.4 is 10.4 Å². The highest BCUT2D eigenvalue weighted by Crippen LogP contribution is 2.21. The average Bonchev–Trinajstić information content (AvgIpc) is 2.93. The molecule has 2 heterocycles. The molecule has 0 aliphatic heterocycles. The van der Waals surface area contributed by atoms with Crippen LogP contribution in [0.25, 0.3) is 5.69 Å². The van der Waals surface area contributed by atoms with Gasteiger partial charge in [0.1, 0.15) is 18.2 Å². The molecule has 0 fully saturated rings. The Morgan fingerprint density at radius 2 is 2.14 bits per heavy atom. The maximum Gasteiger partial charge on any atom is 0.365 e. The van der Waals surface area contributed by atoms with E-state index in [0.717, 1.165) is 16.4 Å². The number of nitrogens with zero attached hydrogens (tertiary/aromatic N) is 4. The maximum absolute atomic E-state index is 14.1. The van der Waals surface area contributed by atoms with E-state index < -0.39 is 11.5 Å². The molecular weight excluding hydrogens is 289 g/mol. The Labute approximate surface area is 124 Å². The molecule has 0 atom stereocenters. The Balaban J connectivity index is 1.96. The lowest BCUT2D eigenvalue weighted by Gasteiger charge is -2.12. The number of pyridine rings is 1. The third kappa shape index (κ3) is 2.58. The predicted octanol–water partition coefficient (Wildman–Crippen LogP) is 1.38.